The highest BCUT2D eigenvalue weighted by atomic mass is 16.5. The normalized spacial score (nSPS) is 12.4. The monoisotopic (exact) mass is 1280 g/mol. The van der Waals surface area contributed by atoms with Gasteiger partial charge < -0.3 is 19.4 Å². The topological polar surface area (TPSA) is 90.3 Å². The summed E-state index contributed by atoms with van der Waals surface area (Å²) in [4.78, 5) is 6.76. The first-order chi connectivity index (χ1) is 48.5. The number of ether oxygens (including phenoxy) is 1. The van der Waals surface area contributed by atoms with E-state index < -0.39 is 16.2 Å². The average Bonchev–Trinajstić information content (AvgIpc) is 0.767. The van der Waals surface area contributed by atoms with E-state index in [1.54, 1.807) is 7.11 Å². The van der Waals surface area contributed by atoms with Crippen molar-refractivity contribution in [2.45, 2.75) is 50.9 Å². The average molecular weight is 1290 g/mol. The molecule has 3 atom stereocenters. The van der Waals surface area contributed by atoms with Gasteiger partial charge in [0.15, 0.2) is 0 Å². The molecule has 0 fully saturated rings. The molecule has 0 bridgehead atoms. The number of benzene rings is 13. The minimum atomic E-state index is -0.905. The van der Waals surface area contributed by atoms with E-state index in [1.165, 1.54) is 22.4 Å². The van der Waals surface area contributed by atoms with Crippen LogP contribution >= 0.6 is 0 Å². The molecule has 7 heteroatoms. The van der Waals surface area contributed by atoms with Crippen molar-refractivity contribution in [2.75, 3.05) is 34.9 Å². The van der Waals surface area contributed by atoms with E-state index in [2.05, 4.69) is 262 Å². The highest BCUT2D eigenvalue weighted by molar-refractivity contribution is 5.78. The molecular weight excluding hydrogens is 1210 g/mol. The maximum atomic E-state index is 10.7. The number of hydrogen-bond donors (Lipinski definition) is 0. The summed E-state index contributed by atoms with van der Waals surface area (Å²) in [6, 6.07) is 127. The van der Waals surface area contributed by atoms with Crippen LogP contribution in [0.4, 0.5) is 39.8 Å². The lowest BCUT2D eigenvalue weighted by Gasteiger charge is -2.30. The second-order valence-corrected chi connectivity index (χ2v) is 24.5. The molecule has 0 spiro atoms. The Hall–Kier alpha value is -12.5. The van der Waals surface area contributed by atoms with Crippen molar-refractivity contribution in [3.05, 3.63) is 419 Å². The third-order valence-electron chi connectivity index (χ3n) is 18.5. The van der Waals surface area contributed by atoms with Crippen molar-refractivity contribution in [1.29, 1.82) is 15.8 Å². The molecule has 0 aliphatic rings. The second kappa shape index (κ2) is 31.8. The van der Waals surface area contributed by atoms with Gasteiger partial charge in [0, 0.05) is 52.9 Å². The van der Waals surface area contributed by atoms with Gasteiger partial charge in [-0.3, -0.25) is 0 Å². The lowest BCUT2D eigenvalue weighted by Crippen LogP contribution is -2.28. The molecule has 0 aromatic heterocycles. The zero-order valence-corrected chi connectivity index (χ0v) is 57.0. The molecule has 0 amide bonds. The van der Waals surface area contributed by atoms with Gasteiger partial charge in [-0.25, -0.2) is 0 Å². The largest absolute Gasteiger partial charge is 0.497 e. The minimum Gasteiger partial charge on any atom is -0.497 e. The molecule has 13 rings (SSSR count). The Morgan fingerprint density at radius 1 is 0.253 bits per heavy atom. The van der Waals surface area contributed by atoms with Crippen LogP contribution < -0.4 is 19.4 Å². The third-order valence-corrected chi connectivity index (χ3v) is 18.5. The molecule has 0 saturated carbocycles. The predicted octanol–water partition coefficient (Wildman–Crippen LogP) is 22.4. The Morgan fingerprint density at radius 2 is 0.444 bits per heavy atom. The van der Waals surface area contributed by atoms with Crippen LogP contribution in [-0.4, -0.2) is 20.2 Å². The quantitative estimate of drug-likeness (QED) is 0.0745. The fourth-order valence-electron chi connectivity index (χ4n) is 13.1. The van der Waals surface area contributed by atoms with Gasteiger partial charge in [0.05, 0.1) is 25.3 Å². The van der Waals surface area contributed by atoms with Gasteiger partial charge in [-0.1, -0.05) is 271 Å². The summed E-state index contributed by atoms with van der Waals surface area (Å²) < 4.78 is 5.32. The van der Waals surface area contributed by atoms with Crippen molar-refractivity contribution >= 4 is 39.8 Å². The van der Waals surface area contributed by atoms with Crippen LogP contribution in [0, 0.1) is 54.8 Å². The molecule has 13 aromatic rings. The number of methoxy groups -OCH3 is 1. The van der Waals surface area contributed by atoms with Gasteiger partial charge in [-0.2, -0.15) is 15.8 Å². The summed E-state index contributed by atoms with van der Waals surface area (Å²) in [7, 11) is 1.65. The molecule has 484 valence electrons. The first-order valence-electron chi connectivity index (χ1n) is 33.6. The number of para-hydroxylation sites is 4. The molecular formula is C92H80N6O. The maximum absolute atomic E-state index is 10.7. The second-order valence-electron chi connectivity index (χ2n) is 24.5. The number of anilines is 7. The van der Waals surface area contributed by atoms with Crippen LogP contribution in [0.1, 0.15) is 80.6 Å². The van der Waals surface area contributed by atoms with E-state index in [4.69, 9.17) is 4.74 Å². The highest BCUT2D eigenvalue weighted by Crippen LogP contribution is 2.45. The standard InChI is InChI=1S/2C33H26N2.C26H28N2O/c2*1-26-17-19-28(20-18-26)33(25-34,27-11-5-2-6-12-27)29-21-23-32(24-22-29)35(30-13-7-3-8-14-30)31-15-9-4-10-16-31;1-5-28(6-2)24-15-11-22(12-16-24)26(19-27,21-9-7-20(3)8-10-21)23-13-17-25(29-4)18-14-23/h2*2-24H,1H3;7-18H,5-6H2,1-4H3. The third kappa shape index (κ3) is 14.5. The molecule has 0 aliphatic heterocycles. The summed E-state index contributed by atoms with van der Waals surface area (Å²) in [5.74, 6) is 0.779. The minimum absolute atomic E-state index is 0.779. The SMILES string of the molecule is CCN(CC)c1ccc(C(C#N)(c2ccc(C)cc2)c2ccc(OC)cc2)cc1.Cc1ccc(C(C#N)(c2ccccc2)c2ccc(N(c3ccccc3)c3ccccc3)cc2)cc1.Cc1ccc(C(C#N)(c2ccccc2)c2ccc(N(c3ccccc3)c3ccccc3)cc2)cc1. The molecule has 13 aromatic carbocycles. The van der Waals surface area contributed by atoms with Crippen molar-refractivity contribution in [2.24, 2.45) is 0 Å². The zero-order valence-electron chi connectivity index (χ0n) is 57.0. The summed E-state index contributed by atoms with van der Waals surface area (Å²) >= 11 is 0. The predicted molar refractivity (Wildman–Crippen MR) is 408 cm³/mol. The summed E-state index contributed by atoms with van der Waals surface area (Å²) in [5.41, 5.74) is 17.0. The van der Waals surface area contributed by atoms with Gasteiger partial charge in [-0.15, -0.1) is 0 Å². The Kier molecular flexibility index (Phi) is 21.9. The van der Waals surface area contributed by atoms with Gasteiger partial charge in [0.2, 0.25) is 0 Å². The van der Waals surface area contributed by atoms with Crippen LogP contribution in [0.15, 0.2) is 352 Å². The first kappa shape index (κ1) is 67.9. The van der Waals surface area contributed by atoms with Crippen molar-refractivity contribution in [3.8, 4) is 24.0 Å². The molecule has 7 nitrogen and oxygen atoms in total. The number of nitrogens with zero attached hydrogens (tertiary/aromatic N) is 6. The number of nitriles is 3. The zero-order chi connectivity index (χ0) is 69.0. The molecule has 0 heterocycles. The van der Waals surface area contributed by atoms with E-state index in [0.717, 1.165) is 103 Å². The molecule has 0 radical (unpaired) electrons. The molecule has 99 heavy (non-hydrogen) atoms. The van der Waals surface area contributed by atoms with Gasteiger partial charge in [0.1, 0.15) is 22.0 Å². The molecule has 0 aliphatic carbocycles. The number of hydrogen-bond acceptors (Lipinski definition) is 7. The lowest BCUT2D eigenvalue weighted by molar-refractivity contribution is 0.414. The Balaban J connectivity index is 0.000000151. The molecule has 3 unspecified atom stereocenters. The summed E-state index contributed by atoms with van der Waals surface area (Å²) in [6.07, 6.45) is 0. The van der Waals surface area contributed by atoms with Crippen molar-refractivity contribution < 1.29 is 4.74 Å². The van der Waals surface area contributed by atoms with E-state index >= 15 is 0 Å². The highest BCUT2D eigenvalue weighted by Gasteiger charge is 2.39. The van der Waals surface area contributed by atoms with Crippen LogP contribution in [0.3, 0.4) is 0 Å². The first-order valence-corrected chi connectivity index (χ1v) is 33.6. The lowest BCUT2D eigenvalue weighted by atomic mass is 9.70. The Morgan fingerprint density at radius 3 is 0.667 bits per heavy atom. The van der Waals surface area contributed by atoms with Crippen LogP contribution in [0.5, 0.6) is 5.75 Å². The smallest absolute Gasteiger partial charge is 0.132 e. The van der Waals surface area contributed by atoms with E-state index in [-0.39, 0.29) is 0 Å². The van der Waals surface area contributed by atoms with Crippen LogP contribution in [-0.2, 0) is 16.2 Å². The Bertz CT molecular complexity index is 4480. The van der Waals surface area contributed by atoms with E-state index in [9.17, 15) is 15.8 Å². The van der Waals surface area contributed by atoms with Gasteiger partial charge in [0.25, 0.3) is 0 Å². The summed E-state index contributed by atoms with van der Waals surface area (Å²) in [5, 5.41) is 31.9. The fourth-order valence-corrected chi connectivity index (χ4v) is 13.1. The van der Waals surface area contributed by atoms with E-state index in [1.807, 2.05) is 158 Å². The maximum Gasteiger partial charge on any atom is 0.132 e. The van der Waals surface area contributed by atoms with Gasteiger partial charge >= 0.3 is 0 Å². The number of aryl methyl sites for hydroxylation is 3. The molecule has 0 saturated heterocycles. The van der Waals surface area contributed by atoms with Gasteiger partial charge in [-0.05, 0) is 182 Å². The summed E-state index contributed by atoms with van der Waals surface area (Å²) in [6.45, 7) is 12.4. The number of rotatable bonds is 19. The van der Waals surface area contributed by atoms with Crippen molar-refractivity contribution in [3.63, 3.8) is 0 Å². The van der Waals surface area contributed by atoms with Crippen LogP contribution in [0.25, 0.3) is 0 Å². The molecule has 0 N–H and O–H groups in total. The Labute approximate surface area is 585 Å². The van der Waals surface area contributed by atoms with E-state index in [0.29, 0.717) is 0 Å². The van der Waals surface area contributed by atoms with Crippen molar-refractivity contribution in [1.82, 2.24) is 0 Å². The van der Waals surface area contributed by atoms with Crippen LogP contribution in [0.2, 0.25) is 0 Å². The fraction of sp³-hybridized carbons (Fsp3) is 0.120.